The van der Waals surface area contributed by atoms with Crippen molar-refractivity contribution in [3.63, 3.8) is 0 Å². The Labute approximate surface area is 153 Å². The minimum atomic E-state index is 0.533. The molecule has 130 valence electrons. The lowest BCUT2D eigenvalue weighted by Crippen LogP contribution is -2.35. The van der Waals surface area contributed by atoms with Crippen LogP contribution < -0.4 is 9.64 Å². The molecule has 0 bridgehead atoms. The molecule has 0 amide bonds. The molecule has 0 aliphatic carbocycles. The normalized spacial score (nSPS) is 13.2. The van der Waals surface area contributed by atoms with Gasteiger partial charge < -0.3 is 9.64 Å². The van der Waals surface area contributed by atoms with Crippen molar-refractivity contribution in [1.29, 1.82) is 5.41 Å². The fraction of sp³-hybridized carbons (Fsp3) is 0.182. The van der Waals surface area contributed by atoms with Crippen LogP contribution in [-0.4, -0.2) is 24.5 Å². The van der Waals surface area contributed by atoms with Gasteiger partial charge in [-0.2, -0.15) is 0 Å². The number of methoxy groups -OCH3 is 1. The number of pyridine rings is 1. The van der Waals surface area contributed by atoms with Crippen LogP contribution in [0.5, 0.6) is 5.75 Å². The molecule has 0 fully saturated rings. The summed E-state index contributed by atoms with van der Waals surface area (Å²) >= 11 is 0. The molecule has 1 aliphatic rings. The van der Waals surface area contributed by atoms with Crippen molar-refractivity contribution in [3.05, 3.63) is 78.0 Å². The average Bonchev–Trinajstić information content (AvgIpc) is 2.73. The highest BCUT2D eigenvalue weighted by molar-refractivity contribution is 6.08. The number of amidine groups is 1. The van der Waals surface area contributed by atoms with Crippen LogP contribution >= 0.6 is 0 Å². The largest absolute Gasteiger partial charge is 0.497 e. The summed E-state index contributed by atoms with van der Waals surface area (Å²) in [6.45, 7) is 0.851. The number of rotatable bonds is 3. The van der Waals surface area contributed by atoms with E-state index in [9.17, 15) is 0 Å². The molecule has 1 aliphatic heterocycles. The summed E-state index contributed by atoms with van der Waals surface area (Å²) in [5.74, 6) is 1.37. The Morgan fingerprint density at radius 3 is 2.50 bits per heavy atom. The molecule has 0 spiro atoms. The van der Waals surface area contributed by atoms with Crippen LogP contribution in [0, 0.1) is 5.41 Å². The fourth-order valence-electron chi connectivity index (χ4n) is 3.36. The summed E-state index contributed by atoms with van der Waals surface area (Å²) in [5, 5.41) is 8.60. The molecule has 0 unspecified atom stereocenters. The first-order valence-corrected chi connectivity index (χ1v) is 8.82. The summed E-state index contributed by atoms with van der Waals surface area (Å²) in [6, 6.07) is 22.0. The second kappa shape index (κ2) is 7.00. The van der Waals surface area contributed by atoms with E-state index in [1.165, 1.54) is 0 Å². The summed E-state index contributed by atoms with van der Waals surface area (Å²) in [5.41, 5.74) is 5.07. The van der Waals surface area contributed by atoms with E-state index in [2.05, 4.69) is 11.0 Å². The first-order valence-electron chi connectivity index (χ1n) is 8.82. The molecule has 0 atom stereocenters. The van der Waals surface area contributed by atoms with Gasteiger partial charge >= 0.3 is 0 Å². The molecule has 4 nitrogen and oxygen atoms in total. The predicted molar refractivity (Wildman–Crippen MR) is 105 cm³/mol. The number of anilines is 1. The van der Waals surface area contributed by atoms with Crippen LogP contribution in [0.3, 0.4) is 0 Å². The number of benzene rings is 2. The van der Waals surface area contributed by atoms with Crippen molar-refractivity contribution in [2.45, 2.75) is 12.8 Å². The van der Waals surface area contributed by atoms with E-state index in [-0.39, 0.29) is 0 Å². The quantitative estimate of drug-likeness (QED) is 0.561. The number of nitrogens with one attached hydrogen (secondary N) is 1. The van der Waals surface area contributed by atoms with Crippen molar-refractivity contribution in [2.75, 3.05) is 18.6 Å². The lowest BCUT2D eigenvalue weighted by atomic mass is 10.0. The Balaban J connectivity index is 1.66. The van der Waals surface area contributed by atoms with Crippen molar-refractivity contribution in [1.82, 2.24) is 4.98 Å². The summed E-state index contributed by atoms with van der Waals surface area (Å²) in [7, 11) is 1.67. The minimum Gasteiger partial charge on any atom is -0.497 e. The van der Waals surface area contributed by atoms with Crippen LogP contribution in [0.4, 0.5) is 5.69 Å². The first-order chi connectivity index (χ1) is 12.8. The summed E-state index contributed by atoms with van der Waals surface area (Å²) < 4.78 is 5.23. The number of fused-ring (bicyclic) bond motifs is 1. The standard InChI is InChI=1S/C22H21N3O/c1-26-18-11-9-16(10-12-18)19-13-14-21-20(24-19)8-5-15-25(21)22(23)17-6-3-2-4-7-17/h2-4,6-7,9-14,23H,5,8,15H2,1H3. The Kier molecular flexibility index (Phi) is 4.40. The molecule has 2 heterocycles. The van der Waals surface area contributed by atoms with E-state index in [1.807, 2.05) is 60.7 Å². The summed E-state index contributed by atoms with van der Waals surface area (Å²) in [6.07, 6.45) is 1.94. The molecular weight excluding hydrogens is 322 g/mol. The van der Waals surface area contributed by atoms with Gasteiger partial charge in [-0.05, 0) is 49.2 Å². The number of aryl methyl sites for hydroxylation is 1. The molecule has 2 aromatic carbocycles. The zero-order chi connectivity index (χ0) is 17.9. The van der Waals surface area contributed by atoms with Crippen molar-refractivity contribution < 1.29 is 4.74 Å². The van der Waals surface area contributed by atoms with E-state index >= 15 is 0 Å². The summed E-state index contributed by atoms with van der Waals surface area (Å²) in [4.78, 5) is 6.95. The van der Waals surface area contributed by atoms with Gasteiger partial charge in [0.1, 0.15) is 11.6 Å². The Bertz CT molecular complexity index is 920. The second-order valence-electron chi connectivity index (χ2n) is 6.36. The molecule has 26 heavy (non-hydrogen) atoms. The van der Waals surface area contributed by atoms with Gasteiger partial charge in [-0.1, -0.05) is 30.3 Å². The zero-order valence-electron chi connectivity index (χ0n) is 14.8. The van der Waals surface area contributed by atoms with Crippen molar-refractivity contribution >= 4 is 11.5 Å². The van der Waals surface area contributed by atoms with Gasteiger partial charge in [0, 0.05) is 17.7 Å². The van der Waals surface area contributed by atoms with E-state index in [0.717, 1.165) is 53.3 Å². The molecule has 4 rings (SSSR count). The van der Waals surface area contributed by atoms with E-state index in [0.29, 0.717) is 5.84 Å². The molecule has 1 aromatic heterocycles. The molecule has 0 saturated carbocycles. The maximum atomic E-state index is 8.60. The topological polar surface area (TPSA) is 49.2 Å². The lowest BCUT2D eigenvalue weighted by molar-refractivity contribution is 0.415. The van der Waals surface area contributed by atoms with Gasteiger partial charge in [-0.3, -0.25) is 10.4 Å². The van der Waals surface area contributed by atoms with Crippen LogP contribution in [0.1, 0.15) is 17.7 Å². The van der Waals surface area contributed by atoms with Crippen LogP contribution in [0.25, 0.3) is 11.3 Å². The highest BCUT2D eigenvalue weighted by atomic mass is 16.5. The maximum absolute atomic E-state index is 8.60. The van der Waals surface area contributed by atoms with Crippen LogP contribution in [0.2, 0.25) is 0 Å². The van der Waals surface area contributed by atoms with Gasteiger partial charge in [0.15, 0.2) is 0 Å². The second-order valence-corrected chi connectivity index (χ2v) is 6.36. The van der Waals surface area contributed by atoms with Gasteiger partial charge in [0.25, 0.3) is 0 Å². The average molecular weight is 343 g/mol. The Morgan fingerprint density at radius 1 is 1.00 bits per heavy atom. The van der Waals surface area contributed by atoms with Gasteiger partial charge in [0.05, 0.1) is 24.2 Å². The minimum absolute atomic E-state index is 0.533. The molecule has 1 N–H and O–H groups in total. The number of aromatic nitrogens is 1. The number of nitrogens with zero attached hydrogens (tertiary/aromatic N) is 2. The Morgan fingerprint density at radius 2 is 1.77 bits per heavy atom. The van der Waals surface area contributed by atoms with E-state index in [4.69, 9.17) is 15.1 Å². The van der Waals surface area contributed by atoms with Crippen molar-refractivity contribution in [2.24, 2.45) is 0 Å². The highest BCUT2D eigenvalue weighted by Gasteiger charge is 2.22. The third-order valence-electron chi connectivity index (χ3n) is 4.74. The molecular formula is C22H21N3O. The van der Waals surface area contributed by atoms with E-state index < -0.39 is 0 Å². The smallest absolute Gasteiger partial charge is 0.132 e. The first kappa shape index (κ1) is 16.3. The number of hydrogen-bond donors (Lipinski definition) is 1. The molecule has 3 aromatic rings. The monoisotopic (exact) mass is 343 g/mol. The fourth-order valence-corrected chi connectivity index (χ4v) is 3.36. The lowest BCUT2D eigenvalue weighted by Gasteiger charge is -2.31. The number of hydrogen-bond acceptors (Lipinski definition) is 3. The van der Waals surface area contributed by atoms with Crippen LogP contribution in [0.15, 0.2) is 66.7 Å². The van der Waals surface area contributed by atoms with Gasteiger partial charge in [-0.25, -0.2) is 0 Å². The third-order valence-corrected chi connectivity index (χ3v) is 4.74. The Hall–Kier alpha value is -3.14. The highest BCUT2D eigenvalue weighted by Crippen LogP contribution is 2.30. The molecule has 0 saturated heterocycles. The van der Waals surface area contributed by atoms with Crippen LogP contribution in [-0.2, 0) is 6.42 Å². The predicted octanol–water partition coefficient (Wildman–Crippen LogP) is 4.54. The van der Waals surface area contributed by atoms with Gasteiger partial charge in [0.2, 0.25) is 0 Å². The van der Waals surface area contributed by atoms with Crippen molar-refractivity contribution in [3.8, 4) is 17.0 Å². The SMILES string of the molecule is COc1ccc(-c2ccc3c(n2)CCCN3C(=N)c2ccccc2)cc1. The third kappa shape index (κ3) is 3.06. The number of ether oxygens (including phenoxy) is 1. The van der Waals surface area contributed by atoms with E-state index in [1.54, 1.807) is 7.11 Å². The maximum Gasteiger partial charge on any atom is 0.132 e. The molecule has 4 heteroatoms. The van der Waals surface area contributed by atoms with Gasteiger partial charge in [-0.15, -0.1) is 0 Å². The molecule has 0 radical (unpaired) electrons. The zero-order valence-corrected chi connectivity index (χ0v) is 14.8.